The van der Waals surface area contributed by atoms with Gasteiger partial charge in [0.25, 0.3) is 0 Å². The third-order valence-corrected chi connectivity index (χ3v) is 4.81. The molecular formula is C17H15FN4O2S. The van der Waals surface area contributed by atoms with Crippen LogP contribution in [0.25, 0.3) is 10.3 Å². The molecule has 1 aliphatic carbocycles. The molecule has 3 N–H and O–H groups in total. The average molecular weight is 358 g/mol. The number of aromatic nitrogens is 2. The summed E-state index contributed by atoms with van der Waals surface area (Å²) in [6, 6.07) is 7.70. The summed E-state index contributed by atoms with van der Waals surface area (Å²) in [5.41, 5.74) is 1.73. The molecule has 1 amide bonds. The monoisotopic (exact) mass is 358 g/mol. The van der Waals surface area contributed by atoms with Crippen molar-refractivity contribution in [2.45, 2.75) is 19.4 Å². The Morgan fingerprint density at radius 1 is 1.28 bits per heavy atom. The highest BCUT2D eigenvalue weighted by atomic mass is 32.1. The fourth-order valence-corrected chi connectivity index (χ4v) is 3.29. The van der Waals surface area contributed by atoms with Crippen molar-refractivity contribution in [3.63, 3.8) is 0 Å². The smallest absolute Gasteiger partial charge is 0.229 e. The van der Waals surface area contributed by atoms with Gasteiger partial charge in [-0.3, -0.25) is 4.79 Å². The van der Waals surface area contributed by atoms with Crippen LogP contribution in [0.2, 0.25) is 0 Å². The van der Waals surface area contributed by atoms with Gasteiger partial charge in [-0.05, 0) is 43.2 Å². The van der Waals surface area contributed by atoms with Gasteiger partial charge < -0.3 is 15.7 Å². The van der Waals surface area contributed by atoms with Crippen molar-refractivity contribution >= 4 is 44.2 Å². The number of carbonyl (C=O) groups excluding carboxylic acids is 1. The molecule has 0 bridgehead atoms. The Bertz CT molecular complexity index is 955. The highest BCUT2D eigenvalue weighted by Crippen LogP contribution is 2.32. The molecule has 4 rings (SSSR count). The highest BCUT2D eigenvalue weighted by Gasteiger charge is 2.30. The van der Waals surface area contributed by atoms with E-state index >= 15 is 0 Å². The second kappa shape index (κ2) is 6.38. The van der Waals surface area contributed by atoms with E-state index in [0.717, 1.165) is 12.8 Å². The molecule has 0 aliphatic heterocycles. The van der Waals surface area contributed by atoms with E-state index in [1.54, 1.807) is 18.2 Å². The molecule has 6 nitrogen and oxygen atoms in total. The summed E-state index contributed by atoms with van der Waals surface area (Å²) in [7, 11) is 0. The molecule has 0 saturated heterocycles. The molecule has 1 saturated carbocycles. The van der Waals surface area contributed by atoms with Gasteiger partial charge in [-0.15, -0.1) is 0 Å². The largest absolute Gasteiger partial charge is 0.392 e. The second-order valence-corrected chi connectivity index (χ2v) is 6.87. The lowest BCUT2D eigenvalue weighted by molar-refractivity contribution is -0.117. The van der Waals surface area contributed by atoms with Crippen molar-refractivity contribution in [2.75, 3.05) is 10.6 Å². The van der Waals surface area contributed by atoms with Crippen molar-refractivity contribution in [2.24, 2.45) is 5.92 Å². The average Bonchev–Trinajstić information content (AvgIpc) is 3.37. The van der Waals surface area contributed by atoms with E-state index < -0.39 is 5.82 Å². The number of aliphatic hydroxyl groups is 1. The molecule has 2 aromatic heterocycles. The van der Waals surface area contributed by atoms with Gasteiger partial charge in [0, 0.05) is 17.2 Å². The number of aliphatic hydroxyl groups excluding tert-OH is 1. The van der Waals surface area contributed by atoms with Crippen LogP contribution in [0.3, 0.4) is 0 Å². The molecule has 2 heterocycles. The van der Waals surface area contributed by atoms with Gasteiger partial charge in [0.15, 0.2) is 5.13 Å². The number of nitrogens with zero attached hydrogens (tertiary/aromatic N) is 2. The van der Waals surface area contributed by atoms with E-state index in [0.29, 0.717) is 32.5 Å². The number of anilines is 3. The Morgan fingerprint density at radius 3 is 2.88 bits per heavy atom. The van der Waals surface area contributed by atoms with Crippen molar-refractivity contribution in [3.8, 4) is 0 Å². The molecule has 128 valence electrons. The summed E-state index contributed by atoms with van der Waals surface area (Å²) in [6.45, 7) is -0.278. The van der Waals surface area contributed by atoms with Crippen LogP contribution < -0.4 is 10.6 Å². The lowest BCUT2D eigenvalue weighted by atomic mass is 10.2. The first-order valence-corrected chi connectivity index (χ1v) is 8.69. The number of halogens is 1. The van der Waals surface area contributed by atoms with Crippen LogP contribution >= 0.6 is 11.3 Å². The maximum Gasteiger partial charge on any atom is 0.229 e. The summed E-state index contributed by atoms with van der Waals surface area (Å²) in [5.74, 6) is 0.276. The fraction of sp³-hybridized carbons (Fsp3) is 0.235. The minimum absolute atomic E-state index is 0.0105. The van der Waals surface area contributed by atoms with E-state index in [2.05, 4.69) is 20.6 Å². The minimum atomic E-state index is -0.406. The maximum atomic E-state index is 13.3. The van der Waals surface area contributed by atoms with Gasteiger partial charge in [0.1, 0.15) is 22.0 Å². The van der Waals surface area contributed by atoms with Gasteiger partial charge in [-0.25, -0.2) is 14.4 Å². The van der Waals surface area contributed by atoms with E-state index in [-0.39, 0.29) is 18.4 Å². The minimum Gasteiger partial charge on any atom is -0.392 e. The van der Waals surface area contributed by atoms with Gasteiger partial charge in [-0.1, -0.05) is 11.3 Å². The number of carbonyl (C=O) groups is 1. The zero-order valence-corrected chi connectivity index (χ0v) is 13.9. The molecule has 1 aliphatic rings. The number of amides is 1. The normalized spacial score (nSPS) is 13.8. The fourth-order valence-electron chi connectivity index (χ4n) is 2.45. The van der Waals surface area contributed by atoms with Crippen LogP contribution in [0.1, 0.15) is 18.4 Å². The molecule has 1 fully saturated rings. The Morgan fingerprint density at radius 2 is 2.12 bits per heavy atom. The molecule has 0 radical (unpaired) electrons. The first kappa shape index (κ1) is 15.9. The third kappa shape index (κ3) is 3.45. The van der Waals surface area contributed by atoms with Crippen molar-refractivity contribution < 1.29 is 14.3 Å². The predicted octanol–water partition coefficient (Wildman–Crippen LogP) is 3.41. The lowest BCUT2D eigenvalue weighted by Gasteiger charge is -2.09. The summed E-state index contributed by atoms with van der Waals surface area (Å²) < 4.78 is 13.3. The van der Waals surface area contributed by atoms with E-state index in [4.69, 9.17) is 0 Å². The SMILES string of the molecule is O=C(Nc1nc2ccc(Nc3ccc(F)cc3CO)nc2s1)C1CC1. The van der Waals surface area contributed by atoms with Gasteiger partial charge in [0.2, 0.25) is 5.91 Å². The molecule has 0 unspecified atom stereocenters. The van der Waals surface area contributed by atoms with E-state index in [9.17, 15) is 14.3 Å². The van der Waals surface area contributed by atoms with Crippen LogP contribution in [0.15, 0.2) is 30.3 Å². The molecular weight excluding hydrogens is 343 g/mol. The summed E-state index contributed by atoms with van der Waals surface area (Å²) in [4.78, 5) is 21.3. The molecule has 0 spiro atoms. The van der Waals surface area contributed by atoms with E-state index in [1.165, 1.54) is 23.5 Å². The highest BCUT2D eigenvalue weighted by molar-refractivity contribution is 7.22. The van der Waals surface area contributed by atoms with Crippen molar-refractivity contribution in [1.29, 1.82) is 0 Å². The number of nitrogens with one attached hydrogen (secondary N) is 2. The topological polar surface area (TPSA) is 87.1 Å². The number of benzene rings is 1. The zero-order valence-electron chi connectivity index (χ0n) is 13.1. The first-order valence-electron chi connectivity index (χ1n) is 7.87. The molecule has 8 heteroatoms. The Balaban J connectivity index is 1.57. The number of thiazole rings is 1. The number of rotatable bonds is 5. The van der Waals surface area contributed by atoms with Crippen LogP contribution in [0, 0.1) is 11.7 Å². The maximum absolute atomic E-state index is 13.3. The number of hydrogen-bond donors (Lipinski definition) is 3. The third-order valence-electron chi connectivity index (χ3n) is 3.93. The number of fused-ring (bicyclic) bond motifs is 1. The quantitative estimate of drug-likeness (QED) is 0.651. The first-order chi connectivity index (χ1) is 12.1. The van der Waals surface area contributed by atoms with Gasteiger partial charge >= 0.3 is 0 Å². The van der Waals surface area contributed by atoms with Crippen LogP contribution in [0.5, 0.6) is 0 Å². The zero-order chi connectivity index (χ0) is 17.4. The van der Waals surface area contributed by atoms with Crippen molar-refractivity contribution in [1.82, 2.24) is 9.97 Å². The summed E-state index contributed by atoms with van der Waals surface area (Å²) in [6.07, 6.45) is 1.88. The molecule has 0 atom stereocenters. The van der Waals surface area contributed by atoms with Crippen LogP contribution in [0.4, 0.5) is 21.0 Å². The Kier molecular flexibility index (Phi) is 4.06. The summed E-state index contributed by atoms with van der Waals surface area (Å²) >= 11 is 1.30. The second-order valence-electron chi connectivity index (χ2n) is 5.89. The van der Waals surface area contributed by atoms with Gasteiger partial charge in [0.05, 0.1) is 6.61 Å². The predicted molar refractivity (Wildman–Crippen MR) is 94.4 cm³/mol. The Labute approximate surface area is 146 Å². The molecule has 25 heavy (non-hydrogen) atoms. The van der Waals surface area contributed by atoms with Crippen molar-refractivity contribution in [3.05, 3.63) is 41.7 Å². The molecule has 3 aromatic rings. The van der Waals surface area contributed by atoms with Crippen LogP contribution in [-0.4, -0.2) is 21.0 Å². The van der Waals surface area contributed by atoms with Crippen LogP contribution in [-0.2, 0) is 11.4 Å². The van der Waals surface area contributed by atoms with Gasteiger partial charge in [-0.2, -0.15) is 0 Å². The number of hydrogen-bond acceptors (Lipinski definition) is 6. The number of pyridine rings is 1. The Hall–Kier alpha value is -2.58. The molecule has 1 aromatic carbocycles. The summed E-state index contributed by atoms with van der Waals surface area (Å²) in [5, 5.41) is 15.8. The van der Waals surface area contributed by atoms with E-state index in [1.807, 2.05) is 0 Å². The standard InChI is InChI=1S/C17H15FN4O2S/c18-11-3-4-12(10(7-11)8-23)19-14-6-5-13-16(21-14)25-17(20-13)22-15(24)9-1-2-9/h3-7,9,23H,1-2,8H2,(H,19,21)(H,20,22,24). The lowest BCUT2D eigenvalue weighted by Crippen LogP contribution is -2.12.